The smallest absolute Gasteiger partial charge is 0.270 e. The summed E-state index contributed by atoms with van der Waals surface area (Å²) in [6.45, 7) is 5.96. The van der Waals surface area contributed by atoms with Gasteiger partial charge in [-0.25, -0.2) is 9.97 Å². The highest BCUT2D eigenvalue weighted by atomic mass is 16.5. The molecular formula is C19H23N5O2. The van der Waals surface area contributed by atoms with Crippen molar-refractivity contribution in [3.8, 4) is 6.07 Å². The van der Waals surface area contributed by atoms with E-state index in [1.807, 2.05) is 6.20 Å². The number of hydrogen-bond donors (Lipinski definition) is 1. The van der Waals surface area contributed by atoms with E-state index in [0.29, 0.717) is 30.2 Å². The molecule has 1 aliphatic heterocycles. The number of aromatic nitrogens is 3. The molecule has 1 saturated heterocycles. The molecular weight excluding hydrogens is 330 g/mol. The van der Waals surface area contributed by atoms with Crippen molar-refractivity contribution < 1.29 is 9.53 Å². The van der Waals surface area contributed by atoms with Crippen molar-refractivity contribution in [2.75, 3.05) is 13.2 Å². The summed E-state index contributed by atoms with van der Waals surface area (Å²) >= 11 is 0. The number of ether oxygens (including phenoxy) is 1. The van der Waals surface area contributed by atoms with Crippen LogP contribution in [0.4, 0.5) is 0 Å². The van der Waals surface area contributed by atoms with Crippen molar-refractivity contribution in [1.29, 1.82) is 5.26 Å². The van der Waals surface area contributed by atoms with Crippen LogP contribution in [0.25, 0.3) is 0 Å². The molecule has 1 amide bonds. The lowest BCUT2D eigenvalue weighted by Crippen LogP contribution is -2.38. The standard InChI is InChI=1S/C19H23N5O2/c1-3-24-9-8-21-18(24)17(14-6-10-26-11-7-14)23-19(25)16-5-4-15(12-20)13(2)22-16/h4-5,8-9,14,17H,3,6-7,10-11H2,1-2H3,(H,23,25). The molecule has 2 aromatic heterocycles. The molecule has 3 heterocycles. The van der Waals surface area contributed by atoms with Crippen LogP contribution in [0.2, 0.25) is 0 Å². The average molecular weight is 353 g/mol. The number of nitriles is 1. The fourth-order valence-electron chi connectivity index (χ4n) is 3.33. The first-order valence-corrected chi connectivity index (χ1v) is 8.91. The van der Waals surface area contributed by atoms with Crippen LogP contribution in [0.15, 0.2) is 24.5 Å². The number of carbonyl (C=O) groups is 1. The molecule has 136 valence electrons. The second-order valence-electron chi connectivity index (χ2n) is 6.41. The number of rotatable bonds is 5. The number of imidazole rings is 1. The van der Waals surface area contributed by atoms with Crippen LogP contribution in [-0.4, -0.2) is 33.7 Å². The summed E-state index contributed by atoms with van der Waals surface area (Å²) in [5.41, 5.74) is 1.34. The Bertz CT molecular complexity index is 818. The van der Waals surface area contributed by atoms with E-state index in [-0.39, 0.29) is 17.9 Å². The molecule has 2 aromatic rings. The Morgan fingerprint density at radius 3 is 2.88 bits per heavy atom. The van der Waals surface area contributed by atoms with E-state index in [9.17, 15) is 4.79 Å². The maximum atomic E-state index is 12.8. The third-order valence-corrected chi connectivity index (χ3v) is 4.83. The van der Waals surface area contributed by atoms with Crippen LogP contribution >= 0.6 is 0 Å². The molecule has 1 aliphatic rings. The number of aryl methyl sites for hydroxylation is 2. The number of hydrogen-bond acceptors (Lipinski definition) is 5. The van der Waals surface area contributed by atoms with Crippen LogP contribution in [0.3, 0.4) is 0 Å². The van der Waals surface area contributed by atoms with E-state index >= 15 is 0 Å². The number of pyridine rings is 1. The second kappa shape index (κ2) is 8.11. The predicted molar refractivity (Wildman–Crippen MR) is 95.3 cm³/mol. The first-order valence-electron chi connectivity index (χ1n) is 8.91. The Kier molecular flexibility index (Phi) is 5.64. The van der Waals surface area contributed by atoms with Gasteiger partial charge in [-0.05, 0) is 44.7 Å². The fourth-order valence-corrected chi connectivity index (χ4v) is 3.33. The van der Waals surface area contributed by atoms with Gasteiger partial charge in [0.1, 0.15) is 17.6 Å². The molecule has 26 heavy (non-hydrogen) atoms. The van der Waals surface area contributed by atoms with Crippen LogP contribution in [0.5, 0.6) is 0 Å². The second-order valence-corrected chi connectivity index (χ2v) is 6.41. The molecule has 1 N–H and O–H groups in total. The van der Waals surface area contributed by atoms with Gasteiger partial charge < -0.3 is 14.6 Å². The van der Waals surface area contributed by atoms with Gasteiger partial charge in [0.15, 0.2) is 0 Å². The largest absolute Gasteiger partial charge is 0.381 e. The van der Waals surface area contributed by atoms with Gasteiger partial charge in [-0.3, -0.25) is 4.79 Å². The monoisotopic (exact) mass is 353 g/mol. The lowest BCUT2D eigenvalue weighted by molar-refractivity contribution is 0.0497. The van der Waals surface area contributed by atoms with Gasteiger partial charge in [0, 0.05) is 32.2 Å². The zero-order chi connectivity index (χ0) is 18.5. The average Bonchev–Trinajstić information content (AvgIpc) is 3.15. The first kappa shape index (κ1) is 18.1. The number of nitrogens with one attached hydrogen (secondary N) is 1. The van der Waals surface area contributed by atoms with E-state index in [1.54, 1.807) is 25.3 Å². The molecule has 7 nitrogen and oxygen atoms in total. The Morgan fingerprint density at radius 2 is 2.23 bits per heavy atom. The fraction of sp³-hybridized carbons (Fsp3) is 0.474. The van der Waals surface area contributed by atoms with Crippen molar-refractivity contribution in [3.63, 3.8) is 0 Å². The topological polar surface area (TPSA) is 92.8 Å². The molecule has 1 fully saturated rings. The van der Waals surface area contributed by atoms with Gasteiger partial charge >= 0.3 is 0 Å². The first-order chi connectivity index (χ1) is 12.6. The summed E-state index contributed by atoms with van der Waals surface area (Å²) in [5.74, 6) is 0.873. The molecule has 1 atom stereocenters. The maximum absolute atomic E-state index is 12.8. The third kappa shape index (κ3) is 3.75. The number of amides is 1. The number of carbonyl (C=O) groups excluding carboxylic acids is 1. The molecule has 3 rings (SSSR count). The Morgan fingerprint density at radius 1 is 1.46 bits per heavy atom. The van der Waals surface area contributed by atoms with Crippen LogP contribution in [0, 0.1) is 24.2 Å². The van der Waals surface area contributed by atoms with E-state index in [1.165, 1.54) is 0 Å². The van der Waals surface area contributed by atoms with Gasteiger partial charge in [-0.15, -0.1) is 0 Å². The van der Waals surface area contributed by atoms with Crippen molar-refractivity contribution in [1.82, 2.24) is 19.9 Å². The molecule has 1 unspecified atom stereocenters. The van der Waals surface area contributed by atoms with E-state index in [0.717, 1.165) is 25.2 Å². The highest BCUT2D eigenvalue weighted by Crippen LogP contribution is 2.29. The van der Waals surface area contributed by atoms with Gasteiger partial charge in [0.2, 0.25) is 0 Å². The zero-order valence-corrected chi connectivity index (χ0v) is 15.1. The van der Waals surface area contributed by atoms with Gasteiger partial charge in [0.25, 0.3) is 5.91 Å². The Balaban J connectivity index is 1.86. The van der Waals surface area contributed by atoms with Crippen molar-refractivity contribution >= 4 is 5.91 Å². The van der Waals surface area contributed by atoms with Gasteiger partial charge in [0.05, 0.1) is 17.3 Å². The summed E-state index contributed by atoms with van der Waals surface area (Å²) in [5, 5.41) is 12.2. The Labute approximate surface area is 153 Å². The third-order valence-electron chi connectivity index (χ3n) is 4.83. The highest BCUT2D eigenvalue weighted by Gasteiger charge is 2.30. The Hall–Kier alpha value is -2.72. The van der Waals surface area contributed by atoms with Crippen molar-refractivity contribution in [2.45, 2.75) is 39.3 Å². The summed E-state index contributed by atoms with van der Waals surface area (Å²) in [6, 6.07) is 5.10. The minimum absolute atomic E-state index is 0.195. The lowest BCUT2D eigenvalue weighted by atomic mass is 9.91. The van der Waals surface area contributed by atoms with Gasteiger partial charge in [-0.2, -0.15) is 5.26 Å². The highest BCUT2D eigenvalue weighted by molar-refractivity contribution is 5.92. The molecule has 0 aliphatic carbocycles. The van der Waals surface area contributed by atoms with Crippen molar-refractivity contribution in [3.05, 3.63) is 47.3 Å². The summed E-state index contributed by atoms with van der Waals surface area (Å²) in [6.07, 6.45) is 5.45. The normalized spacial score (nSPS) is 16.0. The van der Waals surface area contributed by atoms with Crippen molar-refractivity contribution in [2.24, 2.45) is 5.92 Å². The molecule has 7 heteroatoms. The SMILES string of the molecule is CCn1ccnc1C(NC(=O)c1ccc(C#N)c(C)n1)C1CCOCC1. The number of nitrogens with zero attached hydrogens (tertiary/aromatic N) is 4. The minimum atomic E-state index is -0.250. The van der Waals surface area contributed by atoms with Crippen LogP contribution < -0.4 is 5.32 Å². The quantitative estimate of drug-likeness (QED) is 0.891. The van der Waals surface area contributed by atoms with Crippen LogP contribution in [0.1, 0.15) is 53.4 Å². The maximum Gasteiger partial charge on any atom is 0.270 e. The summed E-state index contributed by atoms with van der Waals surface area (Å²) in [4.78, 5) is 21.6. The van der Waals surface area contributed by atoms with E-state index in [2.05, 4.69) is 32.8 Å². The summed E-state index contributed by atoms with van der Waals surface area (Å²) < 4.78 is 7.53. The summed E-state index contributed by atoms with van der Waals surface area (Å²) in [7, 11) is 0. The molecule has 0 aromatic carbocycles. The molecule has 0 radical (unpaired) electrons. The lowest BCUT2D eigenvalue weighted by Gasteiger charge is -2.30. The zero-order valence-electron chi connectivity index (χ0n) is 15.1. The van der Waals surface area contributed by atoms with Crippen LogP contribution in [-0.2, 0) is 11.3 Å². The van der Waals surface area contributed by atoms with E-state index < -0.39 is 0 Å². The molecule has 0 saturated carbocycles. The van der Waals surface area contributed by atoms with Gasteiger partial charge in [-0.1, -0.05) is 0 Å². The molecule has 0 spiro atoms. The molecule has 0 bridgehead atoms. The predicted octanol–water partition coefficient (Wildman–Crippen LogP) is 2.38. The van der Waals surface area contributed by atoms with E-state index in [4.69, 9.17) is 10.00 Å². The minimum Gasteiger partial charge on any atom is -0.381 e.